The van der Waals surface area contributed by atoms with E-state index >= 15 is 0 Å². The summed E-state index contributed by atoms with van der Waals surface area (Å²) < 4.78 is 8.51. The second kappa shape index (κ2) is 12.9. The number of ether oxygens (including phenoxy) is 1. The summed E-state index contributed by atoms with van der Waals surface area (Å²) in [6.45, 7) is 1.69. The van der Waals surface area contributed by atoms with Crippen molar-refractivity contribution in [2.24, 2.45) is 7.05 Å². The Morgan fingerprint density at radius 3 is 2.86 bits per heavy atom. The Morgan fingerprint density at radius 2 is 2.07 bits per heavy atom. The molecular weight excluding hydrogens is 572 g/mol. The predicted molar refractivity (Wildman–Crippen MR) is 179 cm³/mol. The van der Waals surface area contributed by atoms with Gasteiger partial charge in [0.25, 0.3) is 5.91 Å². The number of thiophene rings is 1. The highest BCUT2D eigenvalue weighted by atomic mass is 32.1. The zero-order chi connectivity index (χ0) is 30.6. The molecule has 1 aliphatic heterocycles. The maximum atomic E-state index is 13.2. The molecule has 6 rings (SSSR count). The van der Waals surface area contributed by atoms with Crippen LogP contribution in [0.25, 0.3) is 38.2 Å². The summed E-state index contributed by atoms with van der Waals surface area (Å²) in [7, 11) is 3.45. The van der Waals surface area contributed by atoms with Gasteiger partial charge in [0.15, 0.2) is 0 Å². The molecule has 0 radical (unpaired) electrons. The lowest BCUT2D eigenvalue weighted by molar-refractivity contribution is -0.116. The fraction of sp³-hybridized carbons (Fsp3) is 0.265. The minimum Gasteiger partial charge on any atom is -0.495 e. The van der Waals surface area contributed by atoms with E-state index in [0.29, 0.717) is 35.5 Å². The van der Waals surface area contributed by atoms with Crippen molar-refractivity contribution in [3.8, 4) is 16.9 Å². The number of hydrogen-bond acceptors (Lipinski definition) is 7. The molecule has 0 bridgehead atoms. The van der Waals surface area contributed by atoms with Crippen LogP contribution in [0.5, 0.6) is 5.75 Å². The van der Waals surface area contributed by atoms with Crippen LogP contribution in [0.15, 0.2) is 66.2 Å². The molecule has 5 aromatic rings. The molecule has 44 heavy (non-hydrogen) atoms. The molecule has 1 atom stereocenters. The van der Waals surface area contributed by atoms with E-state index in [-0.39, 0.29) is 11.8 Å². The second-order valence-electron chi connectivity index (χ2n) is 11.0. The number of para-hydroxylation sites is 1. The monoisotopic (exact) mass is 608 g/mol. The molecule has 4 heterocycles. The first kappa shape index (κ1) is 29.4. The molecule has 1 aliphatic rings. The van der Waals surface area contributed by atoms with E-state index in [2.05, 4.69) is 20.9 Å². The number of nitrogens with one attached hydrogen (secondary N) is 3. The zero-order valence-electron chi connectivity index (χ0n) is 24.9. The Hall–Kier alpha value is -4.67. The van der Waals surface area contributed by atoms with Gasteiger partial charge in [0.1, 0.15) is 17.3 Å². The standard InChI is InChI=1S/C34H36N6O3S/c1-40-27-9-4-3-7-22(27)17-28(40)34(42)39-26-12-10-21(18-29(26)43-2)25-20-44-32-23(19-38-33(35)31(25)32)11-13-30(41)37-16-14-24-8-5-6-15-36-24/h3-4,7,9-13,17-20,24,36H,5-6,8,14-16H2,1-2H3,(H2,35,38)(H,37,41)(H,39,42)/b13-11+. The molecule has 1 saturated heterocycles. The van der Waals surface area contributed by atoms with Gasteiger partial charge in [-0.3, -0.25) is 9.59 Å². The van der Waals surface area contributed by atoms with Gasteiger partial charge in [-0.15, -0.1) is 11.3 Å². The summed E-state index contributed by atoms with van der Waals surface area (Å²) in [5.74, 6) is 0.574. The van der Waals surface area contributed by atoms with Crippen LogP contribution < -0.4 is 26.4 Å². The lowest BCUT2D eigenvalue weighted by Crippen LogP contribution is -2.37. The van der Waals surface area contributed by atoms with Crippen molar-refractivity contribution in [3.05, 3.63) is 77.4 Å². The third-order valence-corrected chi connectivity index (χ3v) is 9.24. The molecule has 10 heteroatoms. The highest BCUT2D eigenvalue weighted by molar-refractivity contribution is 7.18. The molecule has 5 N–H and O–H groups in total. The van der Waals surface area contributed by atoms with Gasteiger partial charge in [-0.2, -0.15) is 0 Å². The molecule has 0 saturated carbocycles. The van der Waals surface area contributed by atoms with Crippen molar-refractivity contribution in [1.29, 1.82) is 0 Å². The van der Waals surface area contributed by atoms with E-state index in [0.717, 1.165) is 57.1 Å². The third-order valence-electron chi connectivity index (χ3n) is 8.22. The molecule has 9 nitrogen and oxygen atoms in total. The van der Waals surface area contributed by atoms with Gasteiger partial charge in [-0.1, -0.05) is 30.7 Å². The Morgan fingerprint density at radius 1 is 1.20 bits per heavy atom. The number of carbonyl (C=O) groups is 2. The summed E-state index contributed by atoms with van der Waals surface area (Å²) in [5.41, 5.74) is 11.1. The quantitative estimate of drug-likeness (QED) is 0.153. The van der Waals surface area contributed by atoms with E-state index in [1.165, 1.54) is 12.8 Å². The number of benzene rings is 2. The molecule has 0 aliphatic carbocycles. The third kappa shape index (κ3) is 6.04. The lowest BCUT2D eigenvalue weighted by atomic mass is 10.0. The van der Waals surface area contributed by atoms with Crippen molar-refractivity contribution in [2.45, 2.75) is 31.7 Å². The second-order valence-corrected chi connectivity index (χ2v) is 11.9. The summed E-state index contributed by atoms with van der Waals surface area (Å²) in [4.78, 5) is 30.2. The number of amides is 2. The first-order chi connectivity index (χ1) is 21.4. The number of carbonyl (C=O) groups excluding carboxylic acids is 2. The molecular formula is C34H36N6O3S. The van der Waals surface area contributed by atoms with E-state index in [1.54, 1.807) is 36.8 Å². The average molecular weight is 609 g/mol. The Balaban J connectivity index is 1.20. The van der Waals surface area contributed by atoms with Crippen LogP contribution in [-0.2, 0) is 11.8 Å². The molecule has 1 fully saturated rings. The van der Waals surface area contributed by atoms with Gasteiger partial charge in [0.05, 0.1) is 12.8 Å². The number of pyridine rings is 1. The van der Waals surface area contributed by atoms with Gasteiger partial charge in [-0.25, -0.2) is 4.98 Å². The van der Waals surface area contributed by atoms with Crippen LogP contribution in [0.3, 0.4) is 0 Å². The number of nitrogens with two attached hydrogens (primary N) is 1. The zero-order valence-corrected chi connectivity index (χ0v) is 25.7. The van der Waals surface area contributed by atoms with Crippen molar-refractivity contribution in [3.63, 3.8) is 0 Å². The fourth-order valence-electron chi connectivity index (χ4n) is 5.84. The van der Waals surface area contributed by atoms with Gasteiger partial charge in [0.2, 0.25) is 5.91 Å². The number of rotatable bonds is 9. The highest BCUT2D eigenvalue weighted by Crippen LogP contribution is 2.41. The van der Waals surface area contributed by atoms with Gasteiger partial charge in [0, 0.05) is 64.0 Å². The number of aromatic nitrogens is 2. The molecule has 1 unspecified atom stereocenters. The molecule has 0 spiro atoms. The molecule has 2 amide bonds. The minimum atomic E-state index is -0.227. The van der Waals surface area contributed by atoms with E-state index in [4.69, 9.17) is 10.5 Å². The topological polar surface area (TPSA) is 123 Å². The van der Waals surface area contributed by atoms with Gasteiger partial charge in [-0.05, 0) is 67.1 Å². The minimum absolute atomic E-state index is 0.131. The van der Waals surface area contributed by atoms with Crippen LogP contribution in [0.4, 0.5) is 11.5 Å². The Kier molecular flexibility index (Phi) is 8.63. The number of nitrogen functional groups attached to an aromatic ring is 1. The summed E-state index contributed by atoms with van der Waals surface area (Å²) in [6.07, 6.45) is 9.59. The summed E-state index contributed by atoms with van der Waals surface area (Å²) in [6, 6.07) is 15.9. The molecule has 226 valence electrons. The first-order valence-electron chi connectivity index (χ1n) is 14.8. The van der Waals surface area contributed by atoms with Crippen molar-refractivity contribution < 1.29 is 14.3 Å². The average Bonchev–Trinajstić information content (AvgIpc) is 3.64. The summed E-state index contributed by atoms with van der Waals surface area (Å²) in [5, 5.41) is 13.3. The Bertz CT molecular complexity index is 1870. The fourth-order valence-corrected chi connectivity index (χ4v) is 6.92. The number of piperidine rings is 1. The highest BCUT2D eigenvalue weighted by Gasteiger charge is 2.18. The predicted octanol–water partition coefficient (Wildman–Crippen LogP) is 5.96. The van der Waals surface area contributed by atoms with Crippen LogP contribution in [0.2, 0.25) is 0 Å². The normalized spacial score (nSPS) is 15.2. The maximum absolute atomic E-state index is 13.2. The van der Waals surface area contributed by atoms with Crippen molar-refractivity contribution >= 4 is 61.7 Å². The van der Waals surface area contributed by atoms with Crippen LogP contribution in [0.1, 0.15) is 41.7 Å². The number of aryl methyl sites for hydroxylation is 1. The molecule has 3 aromatic heterocycles. The van der Waals surface area contributed by atoms with E-state index < -0.39 is 0 Å². The number of hydrogen-bond donors (Lipinski definition) is 4. The number of methoxy groups -OCH3 is 1. The van der Waals surface area contributed by atoms with E-state index in [9.17, 15) is 9.59 Å². The van der Waals surface area contributed by atoms with Crippen LogP contribution in [0, 0.1) is 0 Å². The number of nitrogens with zero attached hydrogens (tertiary/aromatic N) is 2. The number of fused-ring (bicyclic) bond motifs is 2. The maximum Gasteiger partial charge on any atom is 0.272 e. The van der Waals surface area contributed by atoms with Crippen LogP contribution >= 0.6 is 11.3 Å². The first-order valence-corrected chi connectivity index (χ1v) is 15.7. The SMILES string of the molecule is COc1cc(-c2csc3c(/C=C/C(=O)NCCC4CCCCN4)cnc(N)c23)ccc1NC(=O)c1cc2ccccc2n1C. The lowest BCUT2D eigenvalue weighted by Gasteiger charge is -2.23. The Labute approximate surface area is 260 Å². The number of anilines is 2. The van der Waals surface area contributed by atoms with Crippen molar-refractivity contribution in [1.82, 2.24) is 20.2 Å². The molecule has 2 aromatic carbocycles. The van der Waals surface area contributed by atoms with E-state index in [1.807, 2.05) is 65.5 Å². The summed E-state index contributed by atoms with van der Waals surface area (Å²) >= 11 is 1.54. The van der Waals surface area contributed by atoms with Crippen LogP contribution in [-0.4, -0.2) is 47.6 Å². The van der Waals surface area contributed by atoms with Gasteiger partial charge >= 0.3 is 0 Å². The van der Waals surface area contributed by atoms with Gasteiger partial charge < -0.3 is 31.0 Å². The van der Waals surface area contributed by atoms with Crippen molar-refractivity contribution in [2.75, 3.05) is 31.2 Å². The largest absolute Gasteiger partial charge is 0.495 e. The smallest absolute Gasteiger partial charge is 0.272 e.